The minimum atomic E-state index is -0.937. The number of hydrogen-bond donors (Lipinski definition) is 3. The van der Waals surface area contributed by atoms with Gasteiger partial charge in [-0.1, -0.05) is 30.3 Å². The maximum atomic E-state index is 10.3. The van der Waals surface area contributed by atoms with Crippen LogP contribution in [0.1, 0.15) is 32.9 Å². The molecule has 0 bridgehead atoms. The van der Waals surface area contributed by atoms with E-state index in [2.05, 4.69) is 39.2 Å². The minimum absolute atomic E-state index is 0.227. The molecule has 7 nitrogen and oxygen atoms in total. The van der Waals surface area contributed by atoms with Crippen molar-refractivity contribution < 1.29 is 9.90 Å². The van der Waals surface area contributed by atoms with Crippen molar-refractivity contribution in [1.82, 2.24) is 9.97 Å². The number of rotatable bonds is 2. The number of benzene rings is 2. The number of nitrogen functional groups attached to an aromatic ring is 2. The molecule has 4 aromatic rings. The Morgan fingerprint density at radius 2 is 1.38 bits per heavy atom. The van der Waals surface area contributed by atoms with Gasteiger partial charge in [-0.3, -0.25) is 15.0 Å². The summed E-state index contributed by atoms with van der Waals surface area (Å²) in [5.74, 6) is -0.937. The first-order valence-electron chi connectivity index (χ1n) is 10.7. The molecule has 1 aliphatic rings. The van der Waals surface area contributed by atoms with E-state index in [4.69, 9.17) is 16.6 Å². The van der Waals surface area contributed by atoms with E-state index in [-0.39, 0.29) is 5.56 Å². The van der Waals surface area contributed by atoms with Gasteiger partial charge in [0.15, 0.2) is 0 Å². The second-order valence-electron chi connectivity index (χ2n) is 7.67. The van der Waals surface area contributed by atoms with E-state index >= 15 is 0 Å². The summed E-state index contributed by atoms with van der Waals surface area (Å²) in [6, 6.07) is 22.9. The Morgan fingerprint density at radius 3 is 1.88 bits per heavy atom. The Morgan fingerprint density at radius 1 is 0.794 bits per heavy atom. The van der Waals surface area contributed by atoms with E-state index in [1.165, 1.54) is 17.8 Å². The van der Waals surface area contributed by atoms with E-state index in [1.54, 1.807) is 18.2 Å². The van der Waals surface area contributed by atoms with Crippen LogP contribution in [-0.4, -0.2) is 26.8 Å². The molecule has 34 heavy (non-hydrogen) atoms. The lowest BCUT2D eigenvalue weighted by Gasteiger charge is -1.99. The first-order valence-corrected chi connectivity index (χ1v) is 10.7. The van der Waals surface area contributed by atoms with Crippen LogP contribution in [-0.2, 0) is 6.42 Å². The average Bonchev–Trinajstić information content (AvgIpc) is 3.27. The molecule has 0 amide bonds. The topological polar surface area (TPSA) is 127 Å². The Kier molecular flexibility index (Phi) is 8.07. The van der Waals surface area contributed by atoms with Crippen LogP contribution < -0.4 is 11.5 Å². The van der Waals surface area contributed by atoms with Crippen LogP contribution in [0.4, 0.5) is 17.1 Å². The highest BCUT2D eigenvalue weighted by Crippen LogP contribution is 2.28. The quantitative estimate of drug-likeness (QED) is 0.366. The first kappa shape index (κ1) is 24.1. The summed E-state index contributed by atoms with van der Waals surface area (Å²) in [6.07, 6.45) is 4.17. The smallest absolute Gasteiger partial charge is 0.337 e. The number of aryl methyl sites for hydroxylation is 2. The third-order valence-corrected chi connectivity index (χ3v) is 5.00. The van der Waals surface area contributed by atoms with Gasteiger partial charge in [-0.25, -0.2) is 4.79 Å². The van der Waals surface area contributed by atoms with E-state index in [9.17, 15) is 4.79 Å². The third-order valence-electron chi connectivity index (χ3n) is 5.00. The molecule has 0 spiro atoms. The molecule has 1 aliphatic heterocycles. The summed E-state index contributed by atoms with van der Waals surface area (Å²) in [5, 5.41) is 8.44. The van der Waals surface area contributed by atoms with Crippen LogP contribution in [0.3, 0.4) is 0 Å². The van der Waals surface area contributed by atoms with Gasteiger partial charge in [-0.15, -0.1) is 0 Å². The largest absolute Gasteiger partial charge is 0.478 e. The molecule has 2 aromatic heterocycles. The monoisotopic (exact) mass is 453 g/mol. The zero-order chi connectivity index (χ0) is 24.5. The van der Waals surface area contributed by atoms with Crippen LogP contribution in [0.2, 0.25) is 0 Å². The molecule has 0 radical (unpaired) electrons. The number of fused-ring (bicyclic) bond motifs is 1. The van der Waals surface area contributed by atoms with Gasteiger partial charge < -0.3 is 16.6 Å². The Balaban J connectivity index is 0.000000155. The molecular formula is C27H27N5O2. The number of aliphatic imine (C=N–C) groups is 1. The summed E-state index contributed by atoms with van der Waals surface area (Å²) in [7, 11) is 0. The van der Waals surface area contributed by atoms with Crippen LogP contribution in [0.25, 0.3) is 0 Å². The second-order valence-corrected chi connectivity index (χ2v) is 7.67. The molecule has 0 atom stereocenters. The number of hydrogen-bond acceptors (Lipinski definition) is 6. The summed E-state index contributed by atoms with van der Waals surface area (Å²) >= 11 is 0. The van der Waals surface area contributed by atoms with Gasteiger partial charge in [0.2, 0.25) is 0 Å². The Hall–Kier alpha value is -4.52. The number of nitrogens with zero attached hydrogens (tertiary/aromatic N) is 3. The summed E-state index contributed by atoms with van der Waals surface area (Å²) < 4.78 is 0. The lowest BCUT2D eigenvalue weighted by molar-refractivity contribution is 0.0696. The van der Waals surface area contributed by atoms with Gasteiger partial charge in [0.05, 0.1) is 28.3 Å². The number of carbonyl (C=O) groups is 1. The highest BCUT2D eigenvalue weighted by molar-refractivity contribution is 6.06. The maximum Gasteiger partial charge on any atom is 0.337 e. The minimum Gasteiger partial charge on any atom is -0.478 e. The van der Waals surface area contributed by atoms with Crippen molar-refractivity contribution in [3.63, 3.8) is 0 Å². The molecule has 2 aromatic carbocycles. The molecule has 0 fully saturated rings. The van der Waals surface area contributed by atoms with Crippen LogP contribution >= 0.6 is 0 Å². The van der Waals surface area contributed by atoms with Crippen LogP contribution in [0.15, 0.2) is 90.2 Å². The van der Waals surface area contributed by atoms with Crippen LogP contribution in [0, 0.1) is 13.8 Å². The molecule has 5 rings (SSSR count). The van der Waals surface area contributed by atoms with Gasteiger partial charge >= 0.3 is 5.97 Å². The van der Waals surface area contributed by atoms with Gasteiger partial charge in [0.1, 0.15) is 0 Å². The zero-order valence-corrected chi connectivity index (χ0v) is 19.1. The first-order chi connectivity index (χ1) is 16.3. The van der Waals surface area contributed by atoms with Crippen molar-refractivity contribution >= 4 is 28.7 Å². The highest BCUT2D eigenvalue weighted by Gasteiger charge is 2.15. The van der Waals surface area contributed by atoms with E-state index in [1.807, 2.05) is 44.3 Å². The standard InChI is InChI=1S/C14H12N2.C7H7NO2.C6H8N2/c1-10-6-7-12(9-15-10)14-8-11-4-2-3-5-13(11)16-14;1-5-2-3-6(4-8-5)7(9)10;7-5-3-1-2-4-6(5)8/h2-7,9H,8H2,1H3;2-4H,1H3,(H,9,10);1-4H,7-8H2. The number of anilines is 2. The lowest BCUT2D eigenvalue weighted by Crippen LogP contribution is -2.01. The number of carboxylic acids is 1. The van der Waals surface area contributed by atoms with Crippen molar-refractivity contribution in [2.75, 3.05) is 11.5 Å². The number of aromatic nitrogens is 2. The van der Waals surface area contributed by atoms with Crippen molar-refractivity contribution in [3.8, 4) is 0 Å². The fraction of sp³-hybridized carbons (Fsp3) is 0.111. The van der Waals surface area contributed by atoms with Crippen molar-refractivity contribution in [1.29, 1.82) is 0 Å². The van der Waals surface area contributed by atoms with Crippen molar-refractivity contribution in [2.45, 2.75) is 20.3 Å². The van der Waals surface area contributed by atoms with Gasteiger partial charge in [-0.05, 0) is 61.9 Å². The third kappa shape index (κ3) is 6.74. The average molecular weight is 454 g/mol. The number of para-hydroxylation sites is 3. The number of aromatic carboxylic acids is 1. The molecule has 3 heterocycles. The Bertz CT molecular complexity index is 1260. The van der Waals surface area contributed by atoms with Gasteiger partial charge in [-0.2, -0.15) is 0 Å². The molecule has 0 aliphatic carbocycles. The Labute approximate surface area is 198 Å². The lowest BCUT2D eigenvalue weighted by atomic mass is 10.1. The van der Waals surface area contributed by atoms with E-state index in [0.29, 0.717) is 11.4 Å². The number of carboxylic acid groups (broad SMARTS) is 1. The molecule has 0 saturated heterocycles. The highest BCUT2D eigenvalue weighted by atomic mass is 16.4. The second kappa shape index (κ2) is 11.4. The fourth-order valence-corrected chi connectivity index (χ4v) is 3.05. The molecule has 172 valence electrons. The predicted octanol–water partition coefficient (Wildman–Crippen LogP) is 5.01. The normalized spacial score (nSPS) is 11.2. The molecular weight excluding hydrogens is 426 g/mol. The van der Waals surface area contributed by atoms with E-state index < -0.39 is 5.97 Å². The molecule has 0 saturated carbocycles. The number of nitrogens with two attached hydrogens (primary N) is 2. The van der Waals surface area contributed by atoms with Gasteiger partial charge in [0.25, 0.3) is 0 Å². The molecule has 0 unspecified atom stereocenters. The summed E-state index contributed by atoms with van der Waals surface area (Å²) in [6.45, 7) is 3.81. The zero-order valence-electron chi connectivity index (χ0n) is 19.1. The number of pyridine rings is 2. The molecule has 5 N–H and O–H groups in total. The van der Waals surface area contributed by atoms with Crippen molar-refractivity contribution in [2.24, 2.45) is 4.99 Å². The maximum absolute atomic E-state index is 10.3. The van der Waals surface area contributed by atoms with Crippen molar-refractivity contribution in [3.05, 3.63) is 113 Å². The fourth-order valence-electron chi connectivity index (χ4n) is 3.05. The summed E-state index contributed by atoms with van der Waals surface area (Å²) in [4.78, 5) is 23.0. The SMILES string of the molecule is Cc1ccc(C(=O)O)cn1.Cc1ccc(C2=Nc3ccccc3C2)cn1.Nc1ccccc1N. The van der Waals surface area contributed by atoms with Gasteiger partial charge in [0, 0.05) is 35.8 Å². The summed E-state index contributed by atoms with van der Waals surface area (Å²) in [5.41, 5.74) is 18.8. The predicted molar refractivity (Wildman–Crippen MR) is 137 cm³/mol. The van der Waals surface area contributed by atoms with E-state index in [0.717, 1.165) is 34.8 Å². The molecule has 7 heteroatoms. The van der Waals surface area contributed by atoms with Crippen LogP contribution in [0.5, 0.6) is 0 Å².